The Morgan fingerprint density at radius 1 is 1.17 bits per heavy atom. The summed E-state index contributed by atoms with van der Waals surface area (Å²) in [4.78, 5) is 22.3. The number of carbonyl (C=O) groups is 1. The van der Waals surface area contributed by atoms with Gasteiger partial charge in [0, 0.05) is 18.8 Å². The molecule has 0 saturated carbocycles. The summed E-state index contributed by atoms with van der Waals surface area (Å²) in [5.41, 5.74) is 2.67. The van der Waals surface area contributed by atoms with E-state index in [0.29, 0.717) is 5.56 Å². The van der Waals surface area contributed by atoms with E-state index in [2.05, 4.69) is 0 Å². The molecule has 0 aliphatic rings. The lowest BCUT2D eigenvalue weighted by Crippen LogP contribution is -2.18. The van der Waals surface area contributed by atoms with E-state index in [1.54, 1.807) is 50.5 Å². The highest BCUT2D eigenvalue weighted by molar-refractivity contribution is 5.88. The maximum Gasteiger partial charge on any atom is 0.335 e. The second kappa shape index (κ2) is 4.49. The van der Waals surface area contributed by atoms with Crippen LogP contribution in [0.25, 0.3) is 11.1 Å². The van der Waals surface area contributed by atoms with Crippen molar-refractivity contribution in [3.05, 3.63) is 58.0 Å². The van der Waals surface area contributed by atoms with Crippen molar-refractivity contribution in [3.8, 4) is 11.1 Å². The van der Waals surface area contributed by atoms with Crippen LogP contribution in [0.4, 0.5) is 0 Å². The first-order chi connectivity index (χ1) is 8.49. The van der Waals surface area contributed by atoms with Crippen molar-refractivity contribution in [2.45, 2.75) is 6.92 Å². The van der Waals surface area contributed by atoms with E-state index in [1.807, 2.05) is 0 Å². The van der Waals surface area contributed by atoms with Crippen molar-refractivity contribution in [1.29, 1.82) is 0 Å². The number of carboxylic acid groups (broad SMARTS) is 1. The molecule has 92 valence electrons. The van der Waals surface area contributed by atoms with Crippen molar-refractivity contribution >= 4 is 5.97 Å². The van der Waals surface area contributed by atoms with Gasteiger partial charge in [0.25, 0.3) is 5.56 Å². The SMILES string of the molecule is Cc1cc(-c2ccc(C(=O)O)cc2)cn(C)c1=O. The normalized spacial score (nSPS) is 10.3. The fraction of sp³-hybridized carbons (Fsp3) is 0.143. The van der Waals surface area contributed by atoms with Crippen LogP contribution in [0.15, 0.2) is 41.3 Å². The summed E-state index contributed by atoms with van der Waals surface area (Å²) >= 11 is 0. The van der Waals surface area contributed by atoms with E-state index < -0.39 is 5.97 Å². The van der Waals surface area contributed by atoms with Gasteiger partial charge in [0.1, 0.15) is 0 Å². The zero-order valence-electron chi connectivity index (χ0n) is 10.2. The standard InChI is InChI=1S/C14H13NO3/c1-9-7-12(8-15(2)13(9)16)10-3-5-11(6-4-10)14(17)18/h3-8H,1-2H3,(H,17,18). The van der Waals surface area contributed by atoms with Crippen LogP contribution in [-0.2, 0) is 7.05 Å². The third kappa shape index (κ3) is 2.18. The van der Waals surface area contributed by atoms with E-state index in [1.165, 1.54) is 4.57 Å². The van der Waals surface area contributed by atoms with Crippen LogP contribution in [-0.4, -0.2) is 15.6 Å². The molecule has 4 nitrogen and oxygen atoms in total. The molecule has 1 aromatic carbocycles. The number of nitrogens with zero attached hydrogens (tertiary/aromatic N) is 1. The predicted molar refractivity (Wildman–Crippen MR) is 68.8 cm³/mol. The number of rotatable bonds is 2. The Hall–Kier alpha value is -2.36. The molecule has 0 amide bonds. The van der Waals surface area contributed by atoms with Gasteiger partial charge in [-0.25, -0.2) is 4.79 Å². The Balaban J connectivity index is 2.49. The minimum Gasteiger partial charge on any atom is -0.478 e. The fourth-order valence-electron chi connectivity index (χ4n) is 1.84. The minimum absolute atomic E-state index is 0.0269. The minimum atomic E-state index is -0.946. The van der Waals surface area contributed by atoms with Gasteiger partial charge in [0.15, 0.2) is 0 Å². The van der Waals surface area contributed by atoms with Crippen molar-refractivity contribution in [3.63, 3.8) is 0 Å². The van der Waals surface area contributed by atoms with Crippen molar-refractivity contribution in [2.75, 3.05) is 0 Å². The molecule has 0 aliphatic carbocycles. The van der Waals surface area contributed by atoms with Crippen molar-refractivity contribution in [2.24, 2.45) is 7.05 Å². The highest BCUT2D eigenvalue weighted by Gasteiger charge is 2.05. The first kappa shape index (κ1) is 12.1. The number of aryl methyl sites for hydroxylation is 2. The lowest BCUT2D eigenvalue weighted by molar-refractivity contribution is 0.0697. The molecule has 1 heterocycles. The van der Waals surface area contributed by atoms with Crippen LogP contribution < -0.4 is 5.56 Å². The number of benzene rings is 1. The molecule has 2 rings (SSSR count). The lowest BCUT2D eigenvalue weighted by Gasteiger charge is -2.06. The molecule has 0 bridgehead atoms. The molecule has 0 unspecified atom stereocenters. The molecule has 2 aromatic rings. The summed E-state index contributed by atoms with van der Waals surface area (Å²) in [6.45, 7) is 1.76. The summed E-state index contributed by atoms with van der Waals surface area (Å²) in [7, 11) is 1.70. The van der Waals surface area contributed by atoms with Gasteiger partial charge < -0.3 is 9.67 Å². The first-order valence-corrected chi connectivity index (χ1v) is 5.50. The molecule has 0 saturated heterocycles. The Morgan fingerprint density at radius 2 is 1.78 bits per heavy atom. The van der Waals surface area contributed by atoms with Gasteiger partial charge in [-0.05, 0) is 36.2 Å². The van der Waals surface area contributed by atoms with Crippen LogP contribution in [0.5, 0.6) is 0 Å². The molecule has 0 radical (unpaired) electrons. The molecule has 0 spiro atoms. The number of hydrogen-bond donors (Lipinski definition) is 1. The topological polar surface area (TPSA) is 59.3 Å². The second-order valence-corrected chi connectivity index (χ2v) is 4.21. The Bertz CT molecular complexity index is 627. The monoisotopic (exact) mass is 243 g/mol. The zero-order valence-corrected chi connectivity index (χ0v) is 10.2. The Kier molecular flexibility index (Phi) is 3.02. The predicted octanol–water partition coefficient (Wildman–Crippen LogP) is 2.06. The summed E-state index contributed by atoms with van der Waals surface area (Å²) in [5.74, 6) is -0.946. The van der Waals surface area contributed by atoms with Gasteiger partial charge >= 0.3 is 5.97 Å². The van der Waals surface area contributed by atoms with Gasteiger partial charge in [-0.15, -0.1) is 0 Å². The summed E-state index contributed by atoms with van der Waals surface area (Å²) in [6, 6.07) is 8.39. The Labute approximate surface area is 104 Å². The molecule has 18 heavy (non-hydrogen) atoms. The maximum absolute atomic E-state index is 11.6. The average Bonchev–Trinajstić information content (AvgIpc) is 2.35. The van der Waals surface area contributed by atoms with Gasteiger partial charge in [0.2, 0.25) is 0 Å². The molecule has 0 aliphatic heterocycles. The van der Waals surface area contributed by atoms with E-state index in [0.717, 1.165) is 11.1 Å². The number of pyridine rings is 1. The summed E-state index contributed by atoms with van der Waals surface area (Å²) in [5, 5.41) is 8.83. The summed E-state index contributed by atoms with van der Waals surface area (Å²) in [6.07, 6.45) is 1.74. The third-order valence-corrected chi connectivity index (χ3v) is 2.83. The quantitative estimate of drug-likeness (QED) is 0.878. The number of aromatic nitrogens is 1. The highest BCUT2D eigenvalue weighted by atomic mass is 16.4. The molecule has 1 N–H and O–H groups in total. The maximum atomic E-state index is 11.6. The molecule has 0 atom stereocenters. The molecule has 1 aromatic heterocycles. The third-order valence-electron chi connectivity index (χ3n) is 2.83. The van der Waals surface area contributed by atoms with Crippen molar-refractivity contribution in [1.82, 2.24) is 4.57 Å². The largest absolute Gasteiger partial charge is 0.478 e. The molecule has 0 fully saturated rings. The van der Waals surface area contributed by atoms with Crippen molar-refractivity contribution < 1.29 is 9.90 Å². The number of carboxylic acids is 1. The smallest absolute Gasteiger partial charge is 0.335 e. The lowest BCUT2D eigenvalue weighted by atomic mass is 10.0. The number of hydrogen-bond acceptors (Lipinski definition) is 2. The average molecular weight is 243 g/mol. The van der Waals surface area contributed by atoms with Crippen LogP contribution >= 0.6 is 0 Å². The van der Waals surface area contributed by atoms with Crippen LogP contribution in [0.2, 0.25) is 0 Å². The van der Waals surface area contributed by atoms with Crippen LogP contribution in [0.3, 0.4) is 0 Å². The van der Waals surface area contributed by atoms with Crippen LogP contribution in [0, 0.1) is 6.92 Å². The number of aromatic carboxylic acids is 1. The molecular formula is C14H13NO3. The molecular weight excluding hydrogens is 230 g/mol. The van der Waals surface area contributed by atoms with E-state index in [4.69, 9.17) is 5.11 Å². The zero-order chi connectivity index (χ0) is 13.3. The van der Waals surface area contributed by atoms with Gasteiger partial charge in [-0.3, -0.25) is 4.79 Å². The van der Waals surface area contributed by atoms with E-state index >= 15 is 0 Å². The second-order valence-electron chi connectivity index (χ2n) is 4.21. The van der Waals surface area contributed by atoms with E-state index in [9.17, 15) is 9.59 Å². The van der Waals surface area contributed by atoms with Gasteiger partial charge in [-0.2, -0.15) is 0 Å². The van der Waals surface area contributed by atoms with E-state index in [-0.39, 0.29) is 11.1 Å². The fourth-order valence-corrected chi connectivity index (χ4v) is 1.84. The van der Waals surface area contributed by atoms with Gasteiger partial charge in [-0.1, -0.05) is 12.1 Å². The summed E-state index contributed by atoms with van der Waals surface area (Å²) < 4.78 is 1.52. The Morgan fingerprint density at radius 3 is 2.28 bits per heavy atom. The molecule has 4 heteroatoms. The highest BCUT2D eigenvalue weighted by Crippen LogP contribution is 2.19. The first-order valence-electron chi connectivity index (χ1n) is 5.50. The van der Waals surface area contributed by atoms with Gasteiger partial charge in [0.05, 0.1) is 5.56 Å². The van der Waals surface area contributed by atoms with Crippen LogP contribution in [0.1, 0.15) is 15.9 Å².